The molecule has 1 unspecified atom stereocenters. The van der Waals surface area contributed by atoms with Gasteiger partial charge in [0, 0.05) is 25.6 Å². The van der Waals surface area contributed by atoms with E-state index in [4.69, 9.17) is 0 Å². The maximum Gasteiger partial charge on any atom is 0.221 e. The molecule has 0 aromatic carbocycles. The predicted molar refractivity (Wildman–Crippen MR) is 71.2 cm³/mol. The van der Waals surface area contributed by atoms with Crippen molar-refractivity contribution in [2.24, 2.45) is 0 Å². The average molecular weight is 288 g/mol. The largest absolute Gasteiger partial charge is 0.352 e. The molecule has 2 heterocycles. The summed E-state index contributed by atoms with van der Waals surface area (Å²) in [6.07, 6.45) is 0.212. The van der Waals surface area contributed by atoms with Gasteiger partial charge in [0.15, 0.2) is 9.84 Å². The minimum atomic E-state index is -2.98. The summed E-state index contributed by atoms with van der Waals surface area (Å²) >= 11 is 1.58. The van der Waals surface area contributed by atoms with Gasteiger partial charge in [0.2, 0.25) is 5.91 Å². The van der Waals surface area contributed by atoms with Crippen LogP contribution in [0.2, 0.25) is 0 Å². The standard InChI is InChI=1S/C11H16N2O3S2/c14-11(13-6-9-1-3-17-7-9)5-10-8-18(15,16)4-2-12-10/h1,3,7,10,12H,2,4-6,8H2,(H,13,14). The van der Waals surface area contributed by atoms with Gasteiger partial charge in [0.05, 0.1) is 11.5 Å². The molecule has 2 N–H and O–H groups in total. The van der Waals surface area contributed by atoms with Gasteiger partial charge < -0.3 is 10.6 Å². The Kier molecular flexibility index (Phi) is 4.36. The van der Waals surface area contributed by atoms with Crippen LogP contribution < -0.4 is 10.6 Å². The van der Waals surface area contributed by atoms with Gasteiger partial charge in [-0.25, -0.2) is 8.42 Å². The smallest absolute Gasteiger partial charge is 0.221 e. The molecule has 0 bridgehead atoms. The van der Waals surface area contributed by atoms with Gasteiger partial charge in [-0.15, -0.1) is 0 Å². The zero-order valence-electron chi connectivity index (χ0n) is 9.89. The first-order chi connectivity index (χ1) is 8.55. The van der Waals surface area contributed by atoms with Gasteiger partial charge in [-0.1, -0.05) is 0 Å². The van der Waals surface area contributed by atoms with Gasteiger partial charge in [-0.05, 0) is 22.4 Å². The fraction of sp³-hybridized carbons (Fsp3) is 0.545. The third-order valence-electron chi connectivity index (χ3n) is 2.80. The summed E-state index contributed by atoms with van der Waals surface area (Å²) in [5.74, 6) is 0.106. The normalized spacial score (nSPS) is 22.6. The Morgan fingerprint density at radius 1 is 1.56 bits per heavy atom. The van der Waals surface area contributed by atoms with Crippen molar-refractivity contribution in [3.63, 3.8) is 0 Å². The van der Waals surface area contributed by atoms with Crippen LogP contribution in [0.1, 0.15) is 12.0 Å². The van der Waals surface area contributed by atoms with Crippen molar-refractivity contribution in [3.05, 3.63) is 22.4 Å². The van der Waals surface area contributed by atoms with E-state index in [1.54, 1.807) is 11.3 Å². The van der Waals surface area contributed by atoms with Crippen molar-refractivity contribution in [1.29, 1.82) is 0 Å². The predicted octanol–water partition coefficient (Wildman–Crippen LogP) is 0.141. The summed E-state index contributed by atoms with van der Waals surface area (Å²) in [7, 11) is -2.98. The van der Waals surface area contributed by atoms with E-state index in [1.807, 2.05) is 16.8 Å². The van der Waals surface area contributed by atoms with Crippen LogP contribution in [0.3, 0.4) is 0 Å². The molecule has 100 valence electrons. The molecule has 0 aliphatic carbocycles. The molecule has 0 saturated carbocycles. The summed E-state index contributed by atoms with van der Waals surface area (Å²) in [6.45, 7) is 0.937. The lowest BCUT2D eigenvalue weighted by Crippen LogP contribution is -2.47. The molecule has 1 saturated heterocycles. The highest BCUT2D eigenvalue weighted by molar-refractivity contribution is 7.91. The number of nitrogens with one attached hydrogen (secondary N) is 2. The third kappa shape index (κ3) is 4.08. The first kappa shape index (κ1) is 13.5. The molecule has 18 heavy (non-hydrogen) atoms. The number of sulfone groups is 1. The van der Waals surface area contributed by atoms with Crippen molar-refractivity contribution in [2.75, 3.05) is 18.1 Å². The van der Waals surface area contributed by atoms with Crippen molar-refractivity contribution < 1.29 is 13.2 Å². The molecule has 1 atom stereocenters. The topological polar surface area (TPSA) is 75.3 Å². The van der Waals surface area contributed by atoms with Gasteiger partial charge in [0.25, 0.3) is 0 Å². The second-order valence-electron chi connectivity index (χ2n) is 4.38. The third-order valence-corrected chi connectivity index (χ3v) is 5.27. The van der Waals surface area contributed by atoms with Crippen LogP contribution in [0.5, 0.6) is 0 Å². The maximum absolute atomic E-state index is 11.7. The molecule has 0 spiro atoms. The Hall–Kier alpha value is -0.920. The minimum absolute atomic E-state index is 0.0544. The van der Waals surface area contributed by atoms with Gasteiger partial charge in [0.1, 0.15) is 0 Å². The number of hydrogen-bond acceptors (Lipinski definition) is 5. The molecule has 7 heteroatoms. The van der Waals surface area contributed by atoms with E-state index >= 15 is 0 Å². The molecule has 1 aromatic rings. The molecular weight excluding hydrogens is 272 g/mol. The van der Waals surface area contributed by atoms with E-state index in [1.165, 1.54) is 0 Å². The Morgan fingerprint density at radius 3 is 3.06 bits per heavy atom. The summed E-state index contributed by atoms with van der Waals surface area (Å²) < 4.78 is 22.8. The van der Waals surface area contributed by atoms with E-state index < -0.39 is 9.84 Å². The first-order valence-corrected chi connectivity index (χ1v) is 8.53. The van der Waals surface area contributed by atoms with Crippen LogP contribution in [-0.2, 0) is 21.2 Å². The molecular formula is C11H16N2O3S2. The number of rotatable bonds is 4. The molecule has 1 aliphatic heterocycles. The molecule has 1 aliphatic rings. The van der Waals surface area contributed by atoms with Gasteiger partial charge in [-0.3, -0.25) is 4.79 Å². The van der Waals surface area contributed by atoms with Crippen LogP contribution in [0.15, 0.2) is 16.8 Å². The van der Waals surface area contributed by atoms with E-state index in [0.29, 0.717) is 13.1 Å². The highest BCUT2D eigenvalue weighted by Gasteiger charge is 2.25. The van der Waals surface area contributed by atoms with Gasteiger partial charge >= 0.3 is 0 Å². The molecule has 1 fully saturated rings. The molecule has 1 amide bonds. The van der Waals surface area contributed by atoms with Gasteiger partial charge in [-0.2, -0.15) is 11.3 Å². The zero-order valence-corrected chi connectivity index (χ0v) is 11.5. The van der Waals surface area contributed by atoms with E-state index in [-0.39, 0.29) is 29.9 Å². The van der Waals surface area contributed by atoms with Crippen molar-refractivity contribution in [1.82, 2.24) is 10.6 Å². The van der Waals surface area contributed by atoms with E-state index in [2.05, 4.69) is 10.6 Å². The quantitative estimate of drug-likeness (QED) is 0.826. The monoisotopic (exact) mass is 288 g/mol. The van der Waals surface area contributed by atoms with Crippen LogP contribution >= 0.6 is 11.3 Å². The Balaban J connectivity index is 1.77. The number of hydrogen-bond donors (Lipinski definition) is 2. The van der Waals surface area contributed by atoms with Crippen LogP contribution in [0.25, 0.3) is 0 Å². The van der Waals surface area contributed by atoms with Crippen LogP contribution in [-0.4, -0.2) is 38.4 Å². The van der Waals surface area contributed by atoms with Crippen LogP contribution in [0, 0.1) is 0 Å². The summed E-state index contributed by atoms with van der Waals surface area (Å²) in [5, 5.41) is 9.78. The Labute approximate surface area is 111 Å². The first-order valence-electron chi connectivity index (χ1n) is 5.77. The highest BCUT2D eigenvalue weighted by Crippen LogP contribution is 2.07. The summed E-state index contributed by atoms with van der Waals surface area (Å²) in [5.41, 5.74) is 1.07. The van der Waals surface area contributed by atoms with E-state index in [9.17, 15) is 13.2 Å². The van der Waals surface area contributed by atoms with E-state index in [0.717, 1.165) is 5.56 Å². The van der Waals surface area contributed by atoms with Crippen LogP contribution in [0.4, 0.5) is 0 Å². The lowest BCUT2D eigenvalue weighted by molar-refractivity contribution is -0.121. The zero-order chi connectivity index (χ0) is 13.0. The lowest BCUT2D eigenvalue weighted by Gasteiger charge is -2.23. The van der Waals surface area contributed by atoms with Crippen molar-refractivity contribution >= 4 is 27.1 Å². The Morgan fingerprint density at radius 2 is 2.39 bits per heavy atom. The molecule has 1 aromatic heterocycles. The number of amides is 1. The fourth-order valence-corrected chi connectivity index (χ4v) is 4.00. The fourth-order valence-electron chi connectivity index (χ4n) is 1.89. The molecule has 0 radical (unpaired) electrons. The second-order valence-corrected chi connectivity index (χ2v) is 7.39. The molecule has 2 rings (SSSR count). The molecule has 5 nitrogen and oxygen atoms in total. The maximum atomic E-state index is 11.7. The van der Waals surface area contributed by atoms with Crippen molar-refractivity contribution in [3.8, 4) is 0 Å². The van der Waals surface area contributed by atoms with Crippen molar-refractivity contribution in [2.45, 2.75) is 19.0 Å². The number of carbonyl (C=O) groups is 1. The number of carbonyl (C=O) groups excluding carboxylic acids is 1. The lowest BCUT2D eigenvalue weighted by atomic mass is 10.2. The average Bonchev–Trinajstić information content (AvgIpc) is 2.77. The highest BCUT2D eigenvalue weighted by atomic mass is 32.2. The Bertz CT molecular complexity index is 496. The number of thiophene rings is 1. The summed E-state index contributed by atoms with van der Waals surface area (Å²) in [4.78, 5) is 11.7. The minimum Gasteiger partial charge on any atom is -0.352 e. The summed E-state index contributed by atoms with van der Waals surface area (Å²) in [6, 6.07) is 1.69. The SMILES string of the molecule is O=C(CC1CS(=O)(=O)CCN1)NCc1ccsc1. The second kappa shape index (κ2) is 5.81.